The van der Waals surface area contributed by atoms with Crippen LogP contribution in [0.2, 0.25) is 5.15 Å². The van der Waals surface area contributed by atoms with Crippen molar-refractivity contribution in [1.82, 2.24) is 9.55 Å². The number of aromatic nitrogens is 2. The SMILES string of the molecule is O=c1cc(Cl)ncn1COCc1ccccc1. The summed E-state index contributed by atoms with van der Waals surface area (Å²) in [6.45, 7) is 0.619. The molecule has 0 N–H and O–H groups in total. The predicted octanol–water partition coefficient (Wildman–Crippen LogP) is 2.07. The summed E-state index contributed by atoms with van der Waals surface area (Å²) in [5.74, 6) is 0. The highest BCUT2D eigenvalue weighted by atomic mass is 35.5. The fraction of sp³-hybridized carbons (Fsp3) is 0.167. The molecular formula is C12H11ClN2O2. The summed E-state index contributed by atoms with van der Waals surface area (Å²) in [6.07, 6.45) is 1.37. The van der Waals surface area contributed by atoms with E-state index in [-0.39, 0.29) is 17.4 Å². The largest absolute Gasteiger partial charge is 0.356 e. The van der Waals surface area contributed by atoms with E-state index in [2.05, 4.69) is 4.98 Å². The van der Waals surface area contributed by atoms with Crippen molar-refractivity contribution in [3.05, 3.63) is 63.8 Å². The lowest BCUT2D eigenvalue weighted by atomic mass is 10.2. The third-order valence-corrected chi connectivity index (χ3v) is 2.39. The molecule has 1 aromatic carbocycles. The molecule has 0 amide bonds. The first-order chi connectivity index (χ1) is 8.25. The second-order valence-corrected chi connectivity index (χ2v) is 3.87. The minimum Gasteiger partial charge on any atom is -0.356 e. The highest BCUT2D eigenvalue weighted by molar-refractivity contribution is 6.29. The van der Waals surface area contributed by atoms with Crippen LogP contribution in [0.5, 0.6) is 0 Å². The molecule has 2 rings (SSSR count). The zero-order valence-electron chi connectivity index (χ0n) is 9.04. The van der Waals surface area contributed by atoms with Crippen LogP contribution in [-0.4, -0.2) is 9.55 Å². The molecule has 0 aliphatic carbocycles. The van der Waals surface area contributed by atoms with Crippen molar-refractivity contribution in [3.8, 4) is 0 Å². The van der Waals surface area contributed by atoms with Crippen molar-refractivity contribution in [2.24, 2.45) is 0 Å². The van der Waals surface area contributed by atoms with Gasteiger partial charge in [-0.05, 0) is 5.56 Å². The molecule has 0 atom stereocenters. The number of hydrogen-bond acceptors (Lipinski definition) is 3. The molecule has 4 nitrogen and oxygen atoms in total. The third-order valence-electron chi connectivity index (χ3n) is 2.19. The lowest BCUT2D eigenvalue weighted by Gasteiger charge is -2.06. The Morgan fingerprint density at radius 1 is 1.29 bits per heavy atom. The van der Waals surface area contributed by atoms with Crippen LogP contribution in [0, 0.1) is 0 Å². The van der Waals surface area contributed by atoms with Crippen LogP contribution < -0.4 is 5.56 Å². The third kappa shape index (κ3) is 3.41. The van der Waals surface area contributed by atoms with E-state index in [1.165, 1.54) is 17.0 Å². The van der Waals surface area contributed by atoms with Crippen LogP contribution in [0.3, 0.4) is 0 Å². The Bertz CT molecular complexity index is 540. The van der Waals surface area contributed by atoms with Crippen LogP contribution in [0.25, 0.3) is 0 Å². The molecule has 1 heterocycles. The van der Waals surface area contributed by atoms with Gasteiger partial charge in [-0.3, -0.25) is 9.36 Å². The Hall–Kier alpha value is -1.65. The molecule has 0 aliphatic rings. The van der Waals surface area contributed by atoms with Gasteiger partial charge in [0.05, 0.1) is 6.61 Å². The van der Waals surface area contributed by atoms with E-state index in [1.807, 2.05) is 30.3 Å². The Labute approximate surface area is 103 Å². The molecule has 5 heteroatoms. The average Bonchev–Trinajstić information content (AvgIpc) is 2.33. The van der Waals surface area contributed by atoms with E-state index in [0.717, 1.165) is 5.56 Å². The minimum absolute atomic E-state index is 0.165. The summed E-state index contributed by atoms with van der Waals surface area (Å²) in [5, 5.41) is 0.189. The van der Waals surface area contributed by atoms with E-state index in [1.54, 1.807) is 0 Å². The van der Waals surface area contributed by atoms with Crippen molar-refractivity contribution >= 4 is 11.6 Å². The number of hydrogen-bond donors (Lipinski definition) is 0. The summed E-state index contributed by atoms with van der Waals surface area (Å²) < 4.78 is 6.76. The number of ether oxygens (including phenoxy) is 1. The zero-order valence-corrected chi connectivity index (χ0v) is 9.80. The summed E-state index contributed by atoms with van der Waals surface area (Å²) in [5.41, 5.74) is 0.834. The normalized spacial score (nSPS) is 10.4. The number of rotatable bonds is 4. The molecule has 0 aliphatic heterocycles. The highest BCUT2D eigenvalue weighted by Gasteiger charge is 1.98. The maximum Gasteiger partial charge on any atom is 0.256 e. The maximum atomic E-state index is 11.4. The lowest BCUT2D eigenvalue weighted by Crippen LogP contribution is -2.20. The zero-order chi connectivity index (χ0) is 12.1. The topological polar surface area (TPSA) is 44.1 Å². The molecule has 0 bridgehead atoms. The number of benzene rings is 1. The van der Waals surface area contributed by atoms with Gasteiger partial charge in [0.1, 0.15) is 18.2 Å². The van der Waals surface area contributed by atoms with E-state index in [0.29, 0.717) is 6.61 Å². The first-order valence-electron chi connectivity index (χ1n) is 5.09. The summed E-state index contributed by atoms with van der Waals surface area (Å²) >= 11 is 5.58. The Kier molecular flexibility index (Phi) is 3.90. The monoisotopic (exact) mass is 250 g/mol. The van der Waals surface area contributed by atoms with Gasteiger partial charge in [-0.1, -0.05) is 41.9 Å². The molecule has 0 saturated heterocycles. The Morgan fingerprint density at radius 3 is 2.76 bits per heavy atom. The van der Waals surface area contributed by atoms with Crippen LogP contribution in [-0.2, 0) is 18.1 Å². The fourth-order valence-electron chi connectivity index (χ4n) is 1.34. The molecule has 17 heavy (non-hydrogen) atoms. The molecule has 0 unspecified atom stereocenters. The Balaban J connectivity index is 1.93. The van der Waals surface area contributed by atoms with Gasteiger partial charge in [0.25, 0.3) is 5.56 Å². The van der Waals surface area contributed by atoms with Crippen LogP contribution >= 0.6 is 11.6 Å². The maximum absolute atomic E-state index is 11.4. The lowest BCUT2D eigenvalue weighted by molar-refractivity contribution is 0.0611. The number of nitrogens with zero attached hydrogens (tertiary/aromatic N) is 2. The second kappa shape index (κ2) is 5.61. The second-order valence-electron chi connectivity index (χ2n) is 3.48. The van der Waals surface area contributed by atoms with Gasteiger partial charge >= 0.3 is 0 Å². The molecule has 88 valence electrons. The van der Waals surface area contributed by atoms with Crippen molar-refractivity contribution in [2.45, 2.75) is 13.3 Å². The van der Waals surface area contributed by atoms with Gasteiger partial charge in [-0.2, -0.15) is 0 Å². The van der Waals surface area contributed by atoms with Crippen molar-refractivity contribution < 1.29 is 4.74 Å². The van der Waals surface area contributed by atoms with Gasteiger partial charge in [-0.15, -0.1) is 0 Å². The molecule has 0 spiro atoms. The van der Waals surface area contributed by atoms with E-state index >= 15 is 0 Å². The first kappa shape index (κ1) is 11.8. The summed E-state index contributed by atoms with van der Waals surface area (Å²) in [6, 6.07) is 11.0. The fourth-order valence-corrected chi connectivity index (χ4v) is 1.47. The first-order valence-corrected chi connectivity index (χ1v) is 5.47. The number of halogens is 1. The minimum atomic E-state index is -0.224. The van der Waals surface area contributed by atoms with Crippen LogP contribution in [0.15, 0.2) is 47.5 Å². The van der Waals surface area contributed by atoms with Gasteiger partial charge < -0.3 is 4.74 Å². The molecule has 1 aromatic heterocycles. The quantitative estimate of drug-likeness (QED) is 0.781. The van der Waals surface area contributed by atoms with Crippen LogP contribution in [0.4, 0.5) is 0 Å². The predicted molar refractivity (Wildman–Crippen MR) is 64.7 cm³/mol. The molecule has 0 radical (unpaired) electrons. The smallest absolute Gasteiger partial charge is 0.256 e. The van der Waals surface area contributed by atoms with Gasteiger partial charge in [0, 0.05) is 6.07 Å². The molecule has 2 aromatic rings. The van der Waals surface area contributed by atoms with E-state index < -0.39 is 0 Å². The van der Waals surface area contributed by atoms with E-state index in [9.17, 15) is 4.79 Å². The standard InChI is InChI=1S/C12H11ClN2O2/c13-11-6-12(16)15(8-14-11)9-17-7-10-4-2-1-3-5-10/h1-6,8H,7,9H2. The van der Waals surface area contributed by atoms with Crippen molar-refractivity contribution in [1.29, 1.82) is 0 Å². The average molecular weight is 251 g/mol. The molecule has 0 fully saturated rings. The van der Waals surface area contributed by atoms with Crippen LogP contribution in [0.1, 0.15) is 5.56 Å². The van der Waals surface area contributed by atoms with Gasteiger partial charge in [-0.25, -0.2) is 4.98 Å². The summed E-state index contributed by atoms with van der Waals surface area (Å²) in [7, 11) is 0. The van der Waals surface area contributed by atoms with Crippen molar-refractivity contribution in [3.63, 3.8) is 0 Å². The van der Waals surface area contributed by atoms with Crippen molar-refractivity contribution in [2.75, 3.05) is 0 Å². The highest BCUT2D eigenvalue weighted by Crippen LogP contribution is 2.01. The van der Waals surface area contributed by atoms with Gasteiger partial charge in [0.15, 0.2) is 0 Å². The summed E-state index contributed by atoms with van der Waals surface area (Å²) in [4.78, 5) is 15.3. The van der Waals surface area contributed by atoms with E-state index in [4.69, 9.17) is 16.3 Å². The van der Waals surface area contributed by atoms with Gasteiger partial charge in [0.2, 0.25) is 0 Å². The molecule has 0 saturated carbocycles. The Morgan fingerprint density at radius 2 is 2.06 bits per heavy atom. The molecular weight excluding hydrogens is 240 g/mol.